The summed E-state index contributed by atoms with van der Waals surface area (Å²) in [5, 5.41) is 9.59. The molecule has 0 fully saturated rings. The van der Waals surface area contributed by atoms with E-state index >= 15 is 0 Å². The molecule has 3 aromatic rings. The van der Waals surface area contributed by atoms with E-state index in [2.05, 4.69) is 20.8 Å². The van der Waals surface area contributed by atoms with Crippen LogP contribution in [0, 0.1) is 6.92 Å². The van der Waals surface area contributed by atoms with Crippen molar-refractivity contribution in [3.8, 4) is 0 Å². The molecule has 4 rings (SSSR count). The van der Waals surface area contributed by atoms with Crippen molar-refractivity contribution in [2.24, 2.45) is 7.05 Å². The van der Waals surface area contributed by atoms with Crippen LogP contribution in [0.25, 0.3) is 0 Å². The summed E-state index contributed by atoms with van der Waals surface area (Å²) < 4.78 is 3.00. The van der Waals surface area contributed by atoms with Gasteiger partial charge < -0.3 is 5.32 Å². The van der Waals surface area contributed by atoms with Gasteiger partial charge in [-0.1, -0.05) is 23.9 Å². The van der Waals surface area contributed by atoms with E-state index < -0.39 is 0 Å². The molecule has 0 spiro atoms. The first kappa shape index (κ1) is 18.3. The summed E-state index contributed by atoms with van der Waals surface area (Å²) in [5.74, 6) is 0.836. The Hall–Kier alpha value is -2.12. The zero-order valence-electron chi connectivity index (χ0n) is 15.4. The molecule has 7 heteroatoms. The minimum absolute atomic E-state index is 0.0218. The fourth-order valence-electron chi connectivity index (χ4n) is 3.39. The number of rotatable bonds is 5. The Labute approximate surface area is 167 Å². The molecule has 2 aromatic heterocycles. The molecular weight excluding hydrogens is 376 g/mol. The predicted octanol–water partition coefficient (Wildman–Crippen LogP) is 4.28. The minimum atomic E-state index is -0.0218. The van der Waals surface area contributed by atoms with Gasteiger partial charge in [-0.3, -0.25) is 9.48 Å². The predicted molar refractivity (Wildman–Crippen MR) is 109 cm³/mol. The zero-order valence-corrected chi connectivity index (χ0v) is 17.1. The van der Waals surface area contributed by atoms with Gasteiger partial charge in [-0.2, -0.15) is 5.10 Å². The fourth-order valence-corrected chi connectivity index (χ4v) is 5.20. The molecule has 1 N–H and O–H groups in total. The number of aryl methyl sites for hydroxylation is 2. The molecular formula is C20H22N4OS2. The van der Waals surface area contributed by atoms with Gasteiger partial charge in [0.25, 0.3) is 5.91 Å². The highest BCUT2D eigenvalue weighted by Crippen LogP contribution is 2.29. The molecule has 0 bridgehead atoms. The highest BCUT2D eigenvalue weighted by molar-refractivity contribution is 8.00. The third-order valence-corrected chi connectivity index (χ3v) is 7.07. The molecule has 5 nitrogen and oxygen atoms in total. The van der Waals surface area contributed by atoms with Crippen LogP contribution >= 0.6 is 23.1 Å². The summed E-state index contributed by atoms with van der Waals surface area (Å²) >= 11 is 3.40. The smallest absolute Gasteiger partial charge is 0.251 e. The number of thioether (sulfide) groups is 1. The number of hydrogen-bond acceptors (Lipinski definition) is 5. The minimum Gasteiger partial charge on any atom is -0.345 e. The molecule has 1 amide bonds. The van der Waals surface area contributed by atoms with E-state index in [0.29, 0.717) is 5.56 Å². The number of nitrogens with one attached hydrogen (secondary N) is 1. The van der Waals surface area contributed by atoms with Crippen molar-refractivity contribution < 1.29 is 4.79 Å². The molecule has 2 heterocycles. The first-order chi connectivity index (χ1) is 13.1. The molecule has 0 saturated heterocycles. The maximum Gasteiger partial charge on any atom is 0.251 e. The average molecular weight is 399 g/mol. The molecule has 140 valence electrons. The lowest BCUT2D eigenvalue weighted by Crippen LogP contribution is -2.30. The number of hydrogen-bond donors (Lipinski definition) is 1. The molecule has 0 saturated carbocycles. The van der Waals surface area contributed by atoms with Crippen LogP contribution in [0.15, 0.2) is 40.2 Å². The molecule has 1 aliphatic rings. The maximum absolute atomic E-state index is 12.7. The van der Waals surface area contributed by atoms with Crippen LogP contribution in [0.5, 0.6) is 0 Å². The number of benzene rings is 1. The van der Waals surface area contributed by atoms with Crippen molar-refractivity contribution in [2.75, 3.05) is 0 Å². The third-order valence-electron chi connectivity index (χ3n) is 4.86. The summed E-state index contributed by atoms with van der Waals surface area (Å²) in [6.07, 6.45) is 4.96. The number of thiazole rings is 1. The van der Waals surface area contributed by atoms with Crippen LogP contribution in [-0.4, -0.2) is 20.7 Å². The van der Waals surface area contributed by atoms with Crippen molar-refractivity contribution in [1.82, 2.24) is 20.1 Å². The van der Waals surface area contributed by atoms with Crippen LogP contribution in [0.3, 0.4) is 0 Å². The van der Waals surface area contributed by atoms with E-state index in [0.717, 1.165) is 40.6 Å². The van der Waals surface area contributed by atoms with E-state index in [9.17, 15) is 4.79 Å². The van der Waals surface area contributed by atoms with Gasteiger partial charge in [0.15, 0.2) is 0 Å². The van der Waals surface area contributed by atoms with Crippen molar-refractivity contribution in [1.29, 1.82) is 0 Å². The quantitative estimate of drug-likeness (QED) is 0.652. The topological polar surface area (TPSA) is 59.8 Å². The SMILES string of the molecule is Cc1csc(SCc2ccc(C(=O)NC3CCCc4c3cnn4C)cc2)n1. The molecule has 0 aliphatic heterocycles. The maximum atomic E-state index is 12.7. The average Bonchev–Trinajstić information content (AvgIpc) is 3.27. The third kappa shape index (κ3) is 4.09. The van der Waals surface area contributed by atoms with Crippen LogP contribution in [0.2, 0.25) is 0 Å². The van der Waals surface area contributed by atoms with Gasteiger partial charge in [-0.05, 0) is 43.9 Å². The Balaban J connectivity index is 1.38. The van der Waals surface area contributed by atoms with E-state index in [1.54, 1.807) is 23.1 Å². The summed E-state index contributed by atoms with van der Waals surface area (Å²) in [6.45, 7) is 2.01. The fraction of sp³-hybridized carbons (Fsp3) is 0.350. The molecule has 27 heavy (non-hydrogen) atoms. The van der Waals surface area contributed by atoms with E-state index in [4.69, 9.17) is 0 Å². The number of carbonyl (C=O) groups excluding carboxylic acids is 1. The van der Waals surface area contributed by atoms with Crippen molar-refractivity contribution in [2.45, 2.75) is 42.3 Å². The van der Waals surface area contributed by atoms with Gasteiger partial charge in [0.05, 0.1) is 12.2 Å². The van der Waals surface area contributed by atoms with Crippen molar-refractivity contribution in [3.63, 3.8) is 0 Å². The van der Waals surface area contributed by atoms with Crippen LogP contribution in [0.1, 0.15) is 51.8 Å². The van der Waals surface area contributed by atoms with Gasteiger partial charge >= 0.3 is 0 Å². The summed E-state index contributed by atoms with van der Waals surface area (Å²) in [7, 11) is 1.97. The first-order valence-corrected chi connectivity index (χ1v) is 10.9. The molecule has 1 aliphatic carbocycles. The van der Waals surface area contributed by atoms with Crippen LogP contribution in [-0.2, 0) is 19.2 Å². The second-order valence-electron chi connectivity index (χ2n) is 6.83. The summed E-state index contributed by atoms with van der Waals surface area (Å²) in [4.78, 5) is 17.1. The van der Waals surface area contributed by atoms with Gasteiger partial charge in [0.2, 0.25) is 0 Å². The largest absolute Gasteiger partial charge is 0.345 e. The van der Waals surface area contributed by atoms with E-state index in [-0.39, 0.29) is 11.9 Å². The van der Waals surface area contributed by atoms with E-state index in [1.807, 2.05) is 49.1 Å². The molecule has 1 atom stereocenters. The van der Waals surface area contributed by atoms with Crippen molar-refractivity contribution in [3.05, 3.63) is 63.9 Å². The molecule has 0 radical (unpaired) electrons. The van der Waals surface area contributed by atoms with Crippen LogP contribution < -0.4 is 5.32 Å². The lowest BCUT2D eigenvalue weighted by molar-refractivity contribution is 0.0932. The molecule has 1 unspecified atom stereocenters. The standard InChI is InChI=1S/C20H22N4OS2/c1-13-11-26-20(22-13)27-12-14-6-8-15(9-7-14)19(25)23-17-4-3-5-18-16(17)10-21-24(18)2/h6-11,17H,3-5,12H2,1-2H3,(H,23,25). The number of aromatic nitrogens is 3. The summed E-state index contributed by atoms with van der Waals surface area (Å²) in [6, 6.07) is 7.92. The normalized spacial score (nSPS) is 16.1. The Kier molecular flexibility index (Phi) is 5.31. The van der Waals surface area contributed by atoms with Gasteiger partial charge in [-0.25, -0.2) is 4.98 Å². The van der Waals surface area contributed by atoms with Gasteiger partial charge in [0.1, 0.15) is 4.34 Å². The number of fused-ring (bicyclic) bond motifs is 1. The Morgan fingerprint density at radius 1 is 1.37 bits per heavy atom. The van der Waals surface area contributed by atoms with Gasteiger partial charge in [-0.15, -0.1) is 11.3 Å². The monoisotopic (exact) mass is 398 g/mol. The lowest BCUT2D eigenvalue weighted by Gasteiger charge is -2.23. The lowest BCUT2D eigenvalue weighted by atomic mass is 9.92. The zero-order chi connectivity index (χ0) is 18.8. The number of amides is 1. The second-order valence-corrected chi connectivity index (χ2v) is 8.91. The molecule has 1 aromatic carbocycles. The second kappa shape index (κ2) is 7.86. The van der Waals surface area contributed by atoms with Crippen molar-refractivity contribution >= 4 is 29.0 Å². The van der Waals surface area contributed by atoms with E-state index in [1.165, 1.54) is 11.3 Å². The number of carbonyl (C=O) groups is 1. The van der Waals surface area contributed by atoms with Gasteiger partial charge in [0, 0.05) is 40.7 Å². The highest BCUT2D eigenvalue weighted by atomic mass is 32.2. The first-order valence-electron chi connectivity index (χ1n) is 9.05. The summed E-state index contributed by atoms with van der Waals surface area (Å²) in [5.41, 5.74) is 5.34. The Morgan fingerprint density at radius 3 is 2.93 bits per heavy atom. The Morgan fingerprint density at radius 2 is 2.19 bits per heavy atom. The van der Waals surface area contributed by atoms with Crippen LogP contribution in [0.4, 0.5) is 0 Å². The highest BCUT2D eigenvalue weighted by Gasteiger charge is 2.25. The Bertz CT molecular complexity index is 945. The number of nitrogens with zero attached hydrogens (tertiary/aromatic N) is 3.